The monoisotopic (exact) mass is 455 g/mol. The van der Waals surface area contributed by atoms with Crippen molar-refractivity contribution in [3.63, 3.8) is 0 Å². The lowest BCUT2D eigenvalue weighted by atomic mass is 9.84. The van der Waals surface area contributed by atoms with Crippen molar-refractivity contribution in [2.45, 2.75) is 70.2 Å². The second-order valence-corrected chi connectivity index (χ2v) is 9.90. The Bertz CT molecular complexity index is 1040. The van der Waals surface area contributed by atoms with E-state index in [1.165, 1.54) is 4.90 Å². The number of carbonyl (C=O) groups is 1. The number of likely N-dealkylation sites (tertiary alicyclic amines) is 1. The molecule has 1 amide bonds. The van der Waals surface area contributed by atoms with Crippen LogP contribution < -0.4 is 10.2 Å². The van der Waals surface area contributed by atoms with Gasteiger partial charge in [-0.15, -0.1) is 0 Å². The Morgan fingerprint density at radius 2 is 1.94 bits per heavy atom. The second kappa shape index (κ2) is 9.05. The largest absolute Gasteiger partial charge is 0.444 e. The highest BCUT2D eigenvalue weighted by Gasteiger charge is 2.40. The highest BCUT2D eigenvalue weighted by molar-refractivity contribution is 5.69. The van der Waals surface area contributed by atoms with Crippen molar-refractivity contribution in [2.75, 3.05) is 24.5 Å². The molecule has 33 heavy (non-hydrogen) atoms. The van der Waals surface area contributed by atoms with E-state index in [2.05, 4.69) is 10.2 Å². The lowest BCUT2D eigenvalue weighted by Gasteiger charge is -2.40. The van der Waals surface area contributed by atoms with Crippen LogP contribution in [0.5, 0.6) is 0 Å². The Balaban J connectivity index is 1.52. The lowest BCUT2D eigenvalue weighted by Crippen LogP contribution is -2.54. The predicted octanol–water partition coefficient (Wildman–Crippen LogP) is 3.29. The number of amides is 1. The van der Waals surface area contributed by atoms with Gasteiger partial charge in [0.25, 0.3) is 0 Å². The Kier molecular flexibility index (Phi) is 6.33. The zero-order valence-electron chi connectivity index (χ0n) is 19.3. The van der Waals surface area contributed by atoms with Crippen LogP contribution in [0, 0.1) is 0 Å². The number of hydrogen-bond donors (Lipinski definition) is 1. The minimum absolute atomic E-state index is 0.0104. The van der Waals surface area contributed by atoms with Gasteiger partial charge in [0.2, 0.25) is 0 Å². The van der Waals surface area contributed by atoms with Gasteiger partial charge < -0.3 is 19.9 Å². The summed E-state index contributed by atoms with van der Waals surface area (Å²) in [6, 6.07) is 5.61. The molecule has 3 atom stereocenters. The molecule has 0 bridgehead atoms. The zero-order chi connectivity index (χ0) is 23.8. The molecule has 0 radical (unpaired) electrons. The molecule has 0 aliphatic carbocycles. The Hall–Kier alpha value is -3.08. The van der Waals surface area contributed by atoms with Crippen LogP contribution in [0.4, 0.5) is 14.9 Å². The van der Waals surface area contributed by atoms with Crippen molar-refractivity contribution in [3.8, 4) is 0 Å². The number of ether oxygens (including phenoxy) is 1. The average Bonchev–Trinajstić information content (AvgIpc) is 3.21. The van der Waals surface area contributed by atoms with Crippen LogP contribution in [-0.4, -0.2) is 60.3 Å². The van der Waals surface area contributed by atoms with Gasteiger partial charge in [-0.25, -0.2) is 18.8 Å². The van der Waals surface area contributed by atoms with Crippen molar-refractivity contribution < 1.29 is 23.5 Å². The second-order valence-electron chi connectivity index (χ2n) is 9.90. The van der Waals surface area contributed by atoms with Gasteiger partial charge in [0, 0.05) is 24.7 Å². The fraction of sp³-hybridized carbons (Fsp3) is 0.560. The standard InChI is InChI=1S/C25H30FN3O4/c1-25(2,3)33-24(32)28-11-10-23(20(26)13-28)29-12-9-19-17(5-4-6-22(19)29)18-8-7-16(14-30)27-21(18)15-31/h4-6,18,20,23,27H,7-13H2,1-3H3/t18-,20+,23-/m1/s1. The third-order valence-electron chi connectivity index (χ3n) is 6.58. The first kappa shape index (κ1) is 23.1. The molecular formula is C25H30FN3O4. The normalized spacial score (nSPS) is 25.2. The minimum Gasteiger partial charge on any atom is -0.444 e. The summed E-state index contributed by atoms with van der Waals surface area (Å²) < 4.78 is 20.7. The average molecular weight is 456 g/mol. The topological polar surface area (TPSA) is 79.0 Å². The van der Waals surface area contributed by atoms with Gasteiger partial charge in [-0.3, -0.25) is 0 Å². The number of piperidine rings is 2. The molecule has 0 unspecified atom stereocenters. The van der Waals surface area contributed by atoms with E-state index in [0.29, 0.717) is 43.7 Å². The van der Waals surface area contributed by atoms with Crippen LogP contribution in [0.2, 0.25) is 0 Å². The fourth-order valence-electron chi connectivity index (χ4n) is 5.12. The highest BCUT2D eigenvalue weighted by Crippen LogP contribution is 2.41. The third-order valence-corrected chi connectivity index (χ3v) is 6.58. The Morgan fingerprint density at radius 1 is 1.15 bits per heavy atom. The maximum Gasteiger partial charge on any atom is 0.410 e. The molecule has 2 saturated heterocycles. The van der Waals surface area contributed by atoms with Crippen molar-refractivity contribution in [1.29, 1.82) is 0 Å². The van der Waals surface area contributed by atoms with Crippen LogP contribution in [-0.2, 0) is 20.7 Å². The number of alkyl halides is 1. The van der Waals surface area contributed by atoms with E-state index in [1.54, 1.807) is 20.8 Å². The van der Waals surface area contributed by atoms with Gasteiger partial charge in [0.1, 0.15) is 35.0 Å². The first-order valence-corrected chi connectivity index (χ1v) is 11.5. The number of benzene rings is 1. The molecule has 7 nitrogen and oxygen atoms in total. The van der Waals surface area contributed by atoms with E-state index in [9.17, 15) is 14.4 Å². The summed E-state index contributed by atoms with van der Waals surface area (Å²) in [5.74, 6) is 3.62. The van der Waals surface area contributed by atoms with Crippen LogP contribution in [0.3, 0.4) is 0 Å². The molecule has 3 heterocycles. The number of rotatable bonds is 2. The molecule has 2 fully saturated rings. The number of allylic oxidation sites excluding steroid dienone is 2. The molecule has 8 heteroatoms. The van der Waals surface area contributed by atoms with Gasteiger partial charge in [-0.05, 0) is 63.6 Å². The molecular weight excluding hydrogens is 425 g/mol. The Morgan fingerprint density at radius 3 is 2.61 bits per heavy atom. The first-order valence-electron chi connectivity index (χ1n) is 11.5. The van der Waals surface area contributed by atoms with Gasteiger partial charge in [0.15, 0.2) is 0 Å². The van der Waals surface area contributed by atoms with Crippen molar-refractivity contribution >= 4 is 23.7 Å². The van der Waals surface area contributed by atoms with E-state index in [0.717, 1.165) is 23.2 Å². The van der Waals surface area contributed by atoms with Crippen LogP contribution in [0.1, 0.15) is 57.1 Å². The number of fused-ring (bicyclic) bond motifs is 1. The fourth-order valence-corrected chi connectivity index (χ4v) is 5.12. The van der Waals surface area contributed by atoms with E-state index < -0.39 is 17.9 Å². The van der Waals surface area contributed by atoms with E-state index in [4.69, 9.17) is 4.74 Å². The van der Waals surface area contributed by atoms with E-state index in [-0.39, 0.29) is 18.5 Å². The van der Waals surface area contributed by atoms with Crippen molar-refractivity contribution in [2.24, 2.45) is 0 Å². The SMILES string of the molecule is CC(C)(C)OC(=O)N1CC[C@@H](N2CCc3c([C@H]4CCC(=C=O)NC4=C=O)cccc32)[C@@H](F)C1. The quantitative estimate of drug-likeness (QED) is 0.690. The highest BCUT2D eigenvalue weighted by atomic mass is 19.1. The van der Waals surface area contributed by atoms with Gasteiger partial charge >= 0.3 is 6.09 Å². The summed E-state index contributed by atoms with van der Waals surface area (Å²) in [5, 5.41) is 2.87. The van der Waals surface area contributed by atoms with Crippen molar-refractivity contribution in [3.05, 3.63) is 40.7 Å². The molecule has 3 aliphatic heterocycles. The van der Waals surface area contributed by atoms with Crippen LogP contribution in [0.25, 0.3) is 0 Å². The van der Waals surface area contributed by atoms with E-state index in [1.807, 2.05) is 30.1 Å². The summed E-state index contributed by atoms with van der Waals surface area (Å²) in [4.78, 5) is 38.5. The first-order chi connectivity index (χ1) is 15.7. The maximum atomic E-state index is 15.3. The number of halogens is 1. The number of anilines is 1. The summed E-state index contributed by atoms with van der Waals surface area (Å²) >= 11 is 0. The number of nitrogens with zero attached hydrogens (tertiary/aromatic N) is 2. The molecule has 3 aliphatic rings. The minimum atomic E-state index is -1.19. The maximum absolute atomic E-state index is 15.3. The number of nitrogens with one attached hydrogen (secondary N) is 1. The summed E-state index contributed by atoms with van der Waals surface area (Å²) in [5.41, 5.74) is 3.21. The van der Waals surface area contributed by atoms with E-state index >= 15 is 4.39 Å². The zero-order valence-corrected chi connectivity index (χ0v) is 19.3. The third kappa shape index (κ3) is 4.68. The summed E-state index contributed by atoms with van der Waals surface area (Å²) in [6.45, 7) is 6.53. The molecule has 1 aromatic carbocycles. The van der Waals surface area contributed by atoms with Gasteiger partial charge in [-0.2, -0.15) is 0 Å². The summed E-state index contributed by atoms with van der Waals surface area (Å²) in [6.07, 6.45) is 0.740. The van der Waals surface area contributed by atoms with Gasteiger partial charge in [0.05, 0.1) is 12.6 Å². The molecule has 176 valence electrons. The molecule has 0 saturated carbocycles. The molecule has 0 spiro atoms. The summed E-state index contributed by atoms with van der Waals surface area (Å²) in [7, 11) is 0. The number of carbonyl (C=O) groups excluding carboxylic acids is 3. The molecule has 1 N–H and O–H groups in total. The molecule has 1 aromatic rings. The lowest BCUT2D eigenvalue weighted by molar-refractivity contribution is 0.0112. The predicted molar refractivity (Wildman–Crippen MR) is 122 cm³/mol. The molecule has 4 rings (SSSR count). The smallest absolute Gasteiger partial charge is 0.410 e. The van der Waals surface area contributed by atoms with Crippen LogP contribution in [0.15, 0.2) is 29.6 Å². The number of hydrogen-bond acceptors (Lipinski definition) is 6. The van der Waals surface area contributed by atoms with Crippen LogP contribution >= 0.6 is 0 Å². The van der Waals surface area contributed by atoms with Gasteiger partial charge in [-0.1, -0.05) is 12.1 Å². The molecule has 0 aromatic heterocycles. The Labute approximate surface area is 193 Å². The van der Waals surface area contributed by atoms with Crippen molar-refractivity contribution in [1.82, 2.24) is 10.2 Å².